The molecule has 0 N–H and O–H groups in total. The Morgan fingerprint density at radius 3 is 1.27 bits per heavy atom. The zero-order valence-electron chi connectivity index (χ0n) is 31.4. The van der Waals surface area contributed by atoms with E-state index in [2.05, 4.69) is 139 Å². The van der Waals surface area contributed by atoms with Gasteiger partial charge in [0.05, 0.1) is 0 Å². The highest BCUT2D eigenvalue weighted by molar-refractivity contribution is 6.94. The molecule has 2 aliphatic rings. The fraction of sp³-hybridized carbons (Fsp3) is 0.417. The molecule has 4 aromatic rings. The van der Waals surface area contributed by atoms with Crippen molar-refractivity contribution in [3.05, 3.63) is 129 Å². The van der Waals surface area contributed by atoms with Gasteiger partial charge < -0.3 is 0 Å². The van der Waals surface area contributed by atoms with Gasteiger partial charge in [-0.3, -0.25) is 0 Å². The largest absolute Gasteiger partial charge is 0.109 e. The van der Waals surface area contributed by atoms with Crippen LogP contribution >= 0.6 is 0 Å². The minimum atomic E-state index is -2.00. The summed E-state index contributed by atoms with van der Waals surface area (Å²) in [7, 11) is -2.00. The summed E-state index contributed by atoms with van der Waals surface area (Å²) < 4.78 is 0. The maximum absolute atomic E-state index is 2.72. The number of unbranched alkanes of at least 4 members (excludes halogenated alkanes) is 6. The minimum absolute atomic E-state index is 0.554. The van der Waals surface area contributed by atoms with Crippen molar-refractivity contribution >= 4 is 20.2 Å². The van der Waals surface area contributed by atoms with Gasteiger partial charge in [-0.15, -0.1) is 0 Å². The smallest absolute Gasteiger partial charge is 0.0709 e. The molecule has 0 heterocycles. The van der Waals surface area contributed by atoms with Gasteiger partial charge in [-0.1, -0.05) is 200 Å². The molecule has 0 amide bonds. The molecule has 0 fully saturated rings. The van der Waals surface area contributed by atoms with Crippen LogP contribution in [-0.4, -0.2) is 8.07 Å². The van der Waals surface area contributed by atoms with E-state index >= 15 is 0 Å². The SMILES string of the molecule is CCCCCC[Si](CCCCCC)(C1=Cc2c(cccc2-c2ccc(C(C)C)cc2)C1)C1=Cc2c(cccc2-c2ccc(C(C)C)cc2)C1. The van der Waals surface area contributed by atoms with E-state index in [-0.39, 0.29) is 0 Å². The summed E-state index contributed by atoms with van der Waals surface area (Å²) in [5.41, 5.74) is 14.5. The van der Waals surface area contributed by atoms with Crippen LogP contribution in [0.3, 0.4) is 0 Å². The van der Waals surface area contributed by atoms with Gasteiger partial charge in [-0.05, 0) is 92.4 Å². The summed E-state index contributed by atoms with van der Waals surface area (Å²) in [6.45, 7) is 13.9. The van der Waals surface area contributed by atoms with Gasteiger partial charge >= 0.3 is 0 Å². The van der Waals surface area contributed by atoms with E-state index in [0.29, 0.717) is 11.8 Å². The molecule has 0 nitrogen and oxygen atoms in total. The molecule has 1 heteroatoms. The third kappa shape index (κ3) is 7.68. The predicted molar refractivity (Wildman–Crippen MR) is 219 cm³/mol. The zero-order chi connectivity index (χ0) is 34.4. The second-order valence-corrected chi connectivity index (χ2v) is 20.2. The molecule has 6 rings (SSSR count). The Morgan fingerprint density at radius 1 is 0.490 bits per heavy atom. The molecular weight excluding hydrogens is 605 g/mol. The van der Waals surface area contributed by atoms with Crippen molar-refractivity contribution < 1.29 is 0 Å². The Kier molecular flexibility index (Phi) is 11.6. The number of hydrogen-bond acceptors (Lipinski definition) is 0. The Bertz CT molecular complexity index is 1630. The van der Waals surface area contributed by atoms with Crippen LogP contribution in [0.25, 0.3) is 34.4 Å². The lowest BCUT2D eigenvalue weighted by molar-refractivity contribution is 0.681. The van der Waals surface area contributed by atoms with Crippen LogP contribution in [0.5, 0.6) is 0 Å². The average Bonchev–Trinajstić information content (AvgIpc) is 3.77. The normalized spacial score (nSPS) is 14.0. The molecule has 0 aliphatic heterocycles. The van der Waals surface area contributed by atoms with E-state index in [1.54, 1.807) is 11.1 Å². The van der Waals surface area contributed by atoms with E-state index in [1.807, 2.05) is 10.4 Å². The van der Waals surface area contributed by atoms with Crippen LogP contribution in [0.2, 0.25) is 12.1 Å². The maximum atomic E-state index is 2.72. The Balaban J connectivity index is 1.44. The van der Waals surface area contributed by atoms with Gasteiger partial charge in [0, 0.05) is 0 Å². The molecule has 49 heavy (non-hydrogen) atoms. The molecule has 0 saturated heterocycles. The molecule has 2 aliphatic carbocycles. The van der Waals surface area contributed by atoms with Crippen molar-refractivity contribution in [2.45, 2.75) is 130 Å². The van der Waals surface area contributed by atoms with Crippen LogP contribution in [-0.2, 0) is 12.8 Å². The van der Waals surface area contributed by atoms with Crippen molar-refractivity contribution in [1.82, 2.24) is 0 Å². The van der Waals surface area contributed by atoms with Crippen LogP contribution < -0.4 is 0 Å². The van der Waals surface area contributed by atoms with E-state index < -0.39 is 8.07 Å². The Labute approximate surface area is 299 Å². The lowest BCUT2D eigenvalue weighted by Gasteiger charge is -2.36. The molecule has 4 aromatic carbocycles. The number of fused-ring (bicyclic) bond motifs is 2. The van der Waals surface area contributed by atoms with Crippen molar-refractivity contribution in [2.24, 2.45) is 0 Å². The first-order valence-corrected chi connectivity index (χ1v) is 22.1. The van der Waals surface area contributed by atoms with Crippen LogP contribution in [0.15, 0.2) is 95.3 Å². The lowest BCUT2D eigenvalue weighted by atomic mass is 9.94. The molecule has 0 aromatic heterocycles. The summed E-state index contributed by atoms with van der Waals surface area (Å²) in [5, 5.41) is 3.62. The summed E-state index contributed by atoms with van der Waals surface area (Å²) in [6.07, 6.45) is 18.5. The first-order valence-electron chi connectivity index (χ1n) is 19.7. The fourth-order valence-electron chi connectivity index (χ4n) is 8.63. The van der Waals surface area contributed by atoms with Crippen molar-refractivity contribution in [3.8, 4) is 22.3 Å². The number of hydrogen-bond donors (Lipinski definition) is 0. The molecule has 0 saturated carbocycles. The van der Waals surface area contributed by atoms with E-state index in [4.69, 9.17) is 0 Å². The second-order valence-electron chi connectivity index (χ2n) is 15.7. The monoisotopic (exact) mass is 664 g/mol. The molecule has 0 radical (unpaired) electrons. The molecular formula is C48H60Si. The van der Waals surface area contributed by atoms with Gasteiger partial charge in [0.15, 0.2) is 0 Å². The third-order valence-corrected chi connectivity index (χ3v) is 17.2. The third-order valence-electron chi connectivity index (χ3n) is 11.7. The number of benzene rings is 4. The lowest BCUT2D eigenvalue weighted by Crippen LogP contribution is -2.40. The Morgan fingerprint density at radius 2 is 0.898 bits per heavy atom. The summed E-state index contributed by atoms with van der Waals surface area (Å²) in [5.74, 6) is 1.11. The van der Waals surface area contributed by atoms with Gasteiger partial charge in [0.25, 0.3) is 0 Å². The van der Waals surface area contributed by atoms with Gasteiger partial charge in [0.1, 0.15) is 8.07 Å². The van der Waals surface area contributed by atoms with Crippen molar-refractivity contribution in [3.63, 3.8) is 0 Å². The summed E-state index contributed by atoms with van der Waals surface area (Å²) in [6, 6.07) is 35.8. The van der Waals surface area contributed by atoms with Gasteiger partial charge in [0.2, 0.25) is 0 Å². The molecule has 0 spiro atoms. The standard InChI is InChI=1S/C48H60Si/c1-7-9-11-13-29-49(30-14-12-10-8-2,43-31-41-17-15-19-45(47(41)33-43)39-25-21-37(22-26-39)35(3)4)44-32-42-18-16-20-46(48(42)34-44)40-27-23-38(24-28-40)36(5)6/h15-28,33-36H,7-14,29-32H2,1-6H3. The minimum Gasteiger partial charge on any atom is -0.0709 e. The fourth-order valence-corrected chi connectivity index (χ4v) is 14.2. The second kappa shape index (κ2) is 16.1. The van der Waals surface area contributed by atoms with E-state index in [1.165, 1.54) is 108 Å². The Hall–Kier alpha value is -3.42. The summed E-state index contributed by atoms with van der Waals surface area (Å²) in [4.78, 5) is 0. The van der Waals surface area contributed by atoms with E-state index in [9.17, 15) is 0 Å². The van der Waals surface area contributed by atoms with Gasteiger partial charge in [-0.2, -0.15) is 0 Å². The van der Waals surface area contributed by atoms with E-state index in [0.717, 1.165) is 12.8 Å². The van der Waals surface area contributed by atoms with Crippen molar-refractivity contribution in [1.29, 1.82) is 0 Å². The average molecular weight is 665 g/mol. The predicted octanol–water partition coefficient (Wildman–Crippen LogP) is 14.5. The molecule has 0 bridgehead atoms. The highest BCUT2D eigenvalue weighted by Crippen LogP contribution is 2.48. The number of rotatable bonds is 16. The first kappa shape index (κ1) is 35.4. The highest BCUT2D eigenvalue weighted by atomic mass is 28.3. The van der Waals surface area contributed by atoms with Crippen molar-refractivity contribution in [2.75, 3.05) is 0 Å². The van der Waals surface area contributed by atoms with Crippen LogP contribution in [0.1, 0.15) is 138 Å². The zero-order valence-corrected chi connectivity index (χ0v) is 32.4. The number of allylic oxidation sites excluding steroid dienone is 2. The van der Waals surface area contributed by atoms with Crippen LogP contribution in [0.4, 0.5) is 0 Å². The molecule has 256 valence electrons. The quantitative estimate of drug-likeness (QED) is 0.0826. The first-order chi connectivity index (χ1) is 23.8. The maximum Gasteiger partial charge on any atom is 0.109 e. The topological polar surface area (TPSA) is 0 Å². The van der Waals surface area contributed by atoms with Crippen LogP contribution in [0, 0.1) is 0 Å². The summed E-state index contributed by atoms with van der Waals surface area (Å²) >= 11 is 0. The highest BCUT2D eigenvalue weighted by Gasteiger charge is 2.43. The molecule has 0 unspecified atom stereocenters. The van der Waals surface area contributed by atoms with Gasteiger partial charge in [-0.25, -0.2) is 0 Å². The molecule has 0 atom stereocenters.